The fourth-order valence-corrected chi connectivity index (χ4v) is 5.48. The number of rotatable bonds is 3. The van der Waals surface area contributed by atoms with Gasteiger partial charge in [0, 0.05) is 36.7 Å². The minimum Gasteiger partial charge on any atom is -0.369 e. The van der Waals surface area contributed by atoms with Crippen molar-refractivity contribution in [2.75, 3.05) is 31.1 Å². The molecule has 1 aromatic heterocycles. The number of hydrogen-bond donors (Lipinski definition) is 0. The molecule has 0 unspecified atom stereocenters. The van der Waals surface area contributed by atoms with E-state index in [4.69, 9.17) is 0 Å². The third-order valence-electron chi connectivity index (χ3n) is 3.95. The average Bonchev–Trinajstić information content (AvgIpc) is 2.96. The molecule has 1 aromatic carbocycles. The number of nitrogens with zero attached hydrogens (tertiary/aromatic N) is 2. The molecule has 3 rings (SSSR count). The zero-order chi connectivity index (χ0) is 15.7. The van der Waals surface area contributed by atoms with Crippen LogP contribution in [-0.2, 0) is 10.0 Å². The number of benzene rings is 1. The maximum absolute atomic E-state index is 12.6. The summed E-state index contributed by atoms with van der Waals surface area (Å²) < 4.78 is 27.3. The van der Waals surface area contributed by atoms with Crippen LogP contribution in [-0.4, -0.2) is 38.9 Å². The highest BCUT2D eigenvalue weighted by atomic mass is 32.2. The average molecular weight is 336 g/mol. The van der Waals surface area contributed by atoms with Crippen molar-refractivity contribution in [2.24, 2.45) is 0 Å². The second kappa shape index (κ2) is 6.02. The van der Waals surface area contributed by atoms with Crippen LogP contribution < -0.4 is 4.90 Å². The van der Waals surface area contributed by atoms with Crippen molar-refractivity contribution in [1.82, 2.24) is 4.31 Å². The maximum atomic E-state index is 12.6. The molecule has 0 N–H and O–H groups in total. The fraction of sp³-hybridized carbons (Fsp3) is 0.375. The van der Waals surface area contributed by atoms with Crippen molar-refractivity contribution in [1.29, 1.82) is 0 Å². The molecule has 1 aliphatic rings. The Morgan fingerprint density at radius 1 is 0.909 bits per heavy atom. The van der Waals surface area contributed by atoms with Gasteiger partial charge in [-0.05, 0) is 38.1 Å². The molecule has 0 saturated carbocycles. The van der Waals surface area contributed by atoms with Crippen LogP contribution in [0, 0.1) is 13.8 Å². The summed E-state index contributed by atoms with van der Waals surface area (Å²) in [5.41, 5.74) is 2.40. The van der Waals surface area contributed by atoms with E-state index < -0.39 is 10.0 Å². The van der Waals surface area contributed by atoms with Gasteiger partial charge in [-0.1, -0.05) is 17.7 Å². The van der Waals surface area contributed by atoms with Gasteiger partial charge in [0.1, 0.15) is 4.21 Å². The molecule has 6 heteroatoms. The van der Waals surface area contributed by atoms with Crippen molar-refractivity contribution in [3.8, 4) is 0 Å². The van der Waals surface area contributed by atoms with E-state index in [1.54, 1.807) is 10.4 Å². The van der Waals surface area contributed by atoms with Gasteiger partial charge in [-0.2, -0.15) is 4.31 Å². The van der Waals surface area contributed by atoms with Crippen molar-refractivity contribution >= 4 is 27.0 Å². The Balaban J connectivity index is 1.70. The van der Waals surface area contributed by atoms with Crippen LogP contribution in [0.1, 0.15) is 10.4 Å². The maximum Gasteiger partial charge on any atom is 0.252 e. The molecule has 2 heterocycles. The van der Waals surface area contributed by atoms with Crippen LogP contribution in [0.25, 0.3) is 0 Å². The van der Waals surface area contributed by atoms with Crippen molar-refractivity contribution in [2.45, 2.75) is 18.1 Å². The SMILES string of the molecule is Cc1ccc(N2CCN(S(=O)(=O)c3ccc(C)s3)CC2)cc1. The number of anilines is 1. The smallest absolute Gasteiger partial charge is 0.252 e. The van der Waals surface area contributed by atoms with Crippen LogP contribution >= 0.6 is 11.3 Å². The standard InChI is InChI=1S/C16H20N2O2S2/c1-13-3-6-15(7-4-13)17-9-11-18(12-10-17)22(19,20)16-8-5-14(2)21-16/h3-8H,9-12H2,1-2H3. The second-order valence-corrected chi connectivity index (χ2v) is 9.04. The summed E-state index contributed by atoms with van der Waals surface area (Å²) in [5, 5.41) is 0. The Bertz CT molecular complexity index is 743. The molecule has 22 heavy (non-hydrogen) atoms. The van der Waals surface area contributed by atoms with Gasteiger partial charge in [0.25, 0.3) is 10.0 Å². The van der Waals surface area contributed by atoms with Crippen molar-refractivity contribution < 1.29 is 8.42 Å². The predicted octanol–water partition coefficient (Wildman–Crippen LogP) is 2.88. The monoisotopic (exact) mass is 336 g/mol. The lowest BCUT2D eigenvalue weighted by molar-refractivity contribution is 0.386. The van der Waals surface area contributed by atoms with Gasteiger partial charge in [-0.15, -0.1) is 11.3 Å². The van der Waals surface area contributed by atoms with Crippen LogP contribution in [0.2, 0.25) is 0 Å². The first-order valence-corrected chi connectivity index (χ1v) is 9.61. The van der Waals surface area contributed by atoms with Crippen LogP contribution in [0.4, 0.5) is 5.69 Å². The molecule has 0 radical (unpaired) electrons. The van der Waals surface area contributed by atoms with Gasteiger partial charge in [0.05, 0.1) is 0 Å². The molecular weight excluding hydrogens is 316 g/mol. The van der Waals surface area contributed by atoms with E-state index >= 15 is 0 Å². The van der Waals surface area contributed by atoms with Crippen molar-refractivity contribution in [3.05, 3.63) is 46.8 Å². The van der Waals surface area contributed by atoms with Crippen LogP contribution in [0.5, 0.6) is 0 Å². The predicted molar refractivity (Wildman–Crippen MR) is 91.2 cm³/mol. The van der Waals surface area contributed by atoms with Gasteiger partial charge in [0.2, 0.25) is 0 Å². The summed E-state index contributed by atoms with van der Waals surface area (Å²) in [7, 11) is -3.33. The molecule has 1 aliphatic heterocycles. The molecule has 0 amide bonds. The lowest BCUT2D eigenvalue weighted by Gasteiger charge is -2.35. The summed E-state index contributed by atoms with van der Waals surface area (Å²) >= 11 is 1.34. The third kappa shape index (κ3) is 3.04. The summed E-state index contributed by atoms with van der Waals surface area (Å²) in [4.78, 5) is 3.27. The van der Waals surface area contributed by atoms with E-state index in [1.165, 1.54) is 16.9 Å². The number of hydrogen-bond acceptors (Lipinski definition) is 4. The summed E-state index contributed by atoms with van der Waals surface area (Å²) in [6.45, 7) is 6.52. The Morgan fingerprint density at radius 2 is 1.55 bits per heavy atom. The van der Waals surface area contributed by atoms with E-state index in [0.29, 0.717) is 17.3 Å². The molecule has 1 saturated heterocycles. The Labute approximate surface area is 136 Å². The molecule has 118 valence electrons. The zero-order valence-corrected chi connectivity index (χ0v) is 14.5. The van der Waals surface area contributed by atoms with Gasteiger partial charge in [-0.3, -0.25) is 0 Å². The highest BCUT2D eigenvalue weighted by Gasteiger charge is 2.29. The van der Waals surface area contributed by atoms with Gasteiger partial charge < -0.3 is 4.90 Å². The van der Waals surface area contributed by atoms with E-state index in [0.717, 1.165) is 23.7 Å². The van der Waals surface area contributed by atoms with Crippen LogP contribution in [0.15, 0.2) is 40.6 Å². The first kappa shape index (κ1) is 15.5. The number of aryl methyl sites for hydroxylation is 2. The summed E-state index contributed by atoms with van der Waals surface area (Å²) in [6, 6.07) is 12.0. The quantitative estimate of drug-likeness (QED) is 0.865. The molecular formula is C16H20N2O2S2. The first-order valence-electron chi connectivity index (χ1n) is 7.35. The molecule has 4 nitrogen and oxygen atoms in total. The van der Waals surface area contributed by atoms with Gasteiger partial charge in [-0.25, -0.2) is 8.42 Å². The minimum absolute atomic E-state index is 0.453. The van der Waals surface area contributed by atoms with E-state index in [1.807, 2.05) is 13.0 Å². The van der Waals surface area contributed by atoms with Gasteiger partial charge >= 0.3 is 0 Å². The topological polar surface area (TPSA) is 40.6 Å². The minimum atomic E-state index is -3.33. The highest BCUT2D eigenvalue weighted by molar-refractivity contribution is 7.91. The molecule has 0 bridgehead atoms. The zero-order valence-electron chi connectivity index (χ0n) is 12.8. The number of sulfonamides is 1. The highest BCUT2D eigenvalue weighted by Crippen LogP contribution is 2.26. The number of piperazine rings is 1. The van der Waals surface area contributed by atoms with E-state index in [-0.39, 0.29) is 0 Å². The number of thiophene rings is 1. The lowest BCUT2D eigenvalue weighted by Crippen LogP contribution is -2.48. The van der Waals surface area contributed by atoms with Gasteiger partial charge in [0.15, 0.2) is 0 Å². The van der Waals surface area contributed by atoms with Crippen LogP contribution in [0.3, 0.4) is 0 Å². The molecule has 0 spiro atoms. The Kier molecular flexibility index (Phi) is 4.25. The largest absolute Gasteiger partial charge is 0.369 e. The van der Waals surface area contributed by atoms with E-state index in [9.17, 15) is 8.42 Å². The molecule has 2 aromatic rings. The normalized spacial score (nSPS) is 16.9. The Hall–Kier alpha value is -1.37. The second-order valence-electron chi connectivity index (χ2n) is 5.59. The van der Waals surface area contributed by atoms with E-state index in [2.05, 4.69) is 36.1 Å². The van der Waals surface area contributed by atoms with Crippen molar-refractivity contribution in [3.63, 3.8) is 0 Å². The fourth-order valence-electron chi connectivity index (χ4n) is 2.62. The molecule has 1 fully saturated rings. The molecule has 0 aliphatic carbocycles. The summed E-state index contributed by atoms with van der Waals surface area (Å²) in [6.07, 6.45) is 0. The first-order chi connectivity index (χ1) is 10.5. The molecule has 0 atom stereocenters. The Morgan fingerprint density at radius 3 is 2.09 bits per heavy atom. The lowest BCUT2D eigenvalue weighted by atomic mass is 10.2. The third-order valence-corrected chi connectivity index (χ3v) is 7.31. The summed E-state index contributed by atoms with van der Waals surface area (Å²) in [5.74, 6) is 0.